The molecule has 0 unspecified atom stereocenters. The molecule has 0 aliphatic carbocycles. The van der Waals surface area contributed by atoms with E-state index in [0.29, 0.717) is 0 Å². The zero-order valence-electron chi connectivity index (χ0n) is 12.6. The van der Waals surface area contributed by atoms with Crippen LogP contribution >= 0.6 is 0 Å². The second-order valence-electron chi connectivity index (χ2n) is 5.60. The minimum Gasteiger partial charge on any atom is -0.465 e. The molecule has 1 N–H and O–H groups in total. The number of carbonyl (C=O) groups excluding carboxylic acids is 1. The minimum atomic E-state index is -1.30. The summed E-state index contributed by atoms with van der Waals surface area (Å²) in [6.45, 7) is -0.384. The zero-order valence-corrected chi connectivity index (χ0v) is 12.6. The van der Waals surface area contributed by atoms with Gasteiger partial charge in [-0.1, -0.05) is 0 Å². The third-order valence-electron chi connectivity index (χ3n) is 4.00. The highest BCUT2D eigenvalue weighted by atomic mass is 19.1. The average molecular weight is 345 g/mol. The molecule has 10 heteroatoms. The predicted octanol–water partition coefficient (Wildman–Crippen LogP) is 2.02. The van der Waals surface area contributed by atoms with E-state index in [9.17, 15) is 22.8 Å². The van der Waals surface area contributed by atoms with Gasteiger partial charge in [-0.3, -0.25) is 9.80 Å². The van der Waals surface area contributed by atoms with Crippen molar-refractivity contribution >= 4 is 23.6 Å². The van der Waals surface area contributed by atoms with E-state index in [2.05, 4.69) is 0 Å². The monoisotopic (exact) mass is 345 g/mol. The number of halogens is 3. The topological polar surface area (TPSA) is 73.3 Å². The Morgan fingerprint density at radius 2 is 1.88 bits per heavy atom. The van der Waals surface area contributed by atoms with Crippen LogP contribution in [0.15, 0.2) is 12.1 Å². The van der Waals surface area contributed by atoms with E-state index in [-0.39, 0.29) is 31.0 Å². The molecule has 7 nitrogen and oxygen atoms in total. The third kappa shape index (κ3) is 2.68. The number of ether oxygens (including phenoxy) is 1. The molecule has 1 aromatic rings. The predicted molar refractivity (Wildman–Crippen MR) is 76.9 cm³/mol. The van der Waals surface area contributed by atoms with Crippen molar-refractivity contribution in [2.24, 2.45) is 0 Å². The smallest absolute Gasteiger partial charge is 0.416 e. The molecular weight excluding hydrogens is 331 g/mol. The Morgan fingerprint density at radius 3 is 2.38 bits per heavy atom. The number of rotatable bonds is 3. The number of hydrogen-bond acceptors (Lipinski definition) is 4. The lowest BCUT2D eigenvalue weighted by Gasteiger charge is -2.36. The molecule has 24 heavy (non-hydrogen) atoms. The zero-order chi connectivity index (χ0) is 17.6. The van der Waals surface area contributed by atoms with Crippen LogP contribution in [0, 0.1) is 11.6 Å². The lowest BCUT2D eigenvalue weighted by molar-refractivity contribution is 0.0415. The van der Waals surface area contributed by atoms with Crippen LogP contribution in [0.4, 0.5) is 34.1 Å². The van der Waals surface area contributed by atoms with Gasteiger partial charge in [-0.05, 0) is 0 Å². The third-order valence-corrected chi connectivity index (χ3v) is 4.00. The SMILES string of the molecule is CN(C(=O)O)[C@@H]1CN(c2cc(F)c(N3CC(F)C3)c(F)c2)C(=O)O1. The summed E-state index contributed by atoms with van der Waals surface area (Å²) in [5.41, 5.74) is -0.447. The van der Waals surface area contributed by atoms with E-state index >= 15 is 0 Å². The van der Waals surface area contributed by atoms with Crippen LogP contribution in [0.3, 0.4) is 0 Å². The Morgan fingerprint density at radius 1 is 1.29 bits per heavy atom. The molecule has 2 amide bonds. The number of carbonyl (C=O) groups is 2. The lowest BCUT2D eigenvalue weighted by Crippen LogP contribution is -2.49. The molecule has 2 fully saturated rings. The van der Waals surface area contributed by atoms with Crippen LogP contribution in [-0.2, 0) is 4.74 Å². The first kappa shape index (κ1) is 16.2. The molecule has 0 saturated carbocycles. The molecular formula is C14H14F3N3O4. The van der Waals surface area contributed by atoms with Gasteiger partial charge in [0.05, 0.1) is 25.3 Å². The van der Waals surface area contributed by atoms with Crippen LogP contribution in [0.25, 0.3) is 0 Å². The summed E-state index contributed by atoms with van der Waals surface area (Å²) >= 11 is 0. The van der Waals surface area contributed by atoms with Crippen LogP contribution in [0.1, 0.15) is 0 Å². The van der Waals surface area contributed by atoms with E-state index in [1.165, 1.54) is 11.9 Å². The lowest BCUT2D eigenvalue weighted by atomic mass is 10.1. The van der Waals surface area contributed by atoms with Crippen molar-refractivity contribution in [1.82, 2.24) is 4.90 Å². The van der Waals surface area contributed by atoms with Crippen molar-refractivity contribution in [3.8, 4) is 0 Å². The minimum absolute atomic E-state index is 0.0928. The number of amides is 2. The standard InChI is InChI=1S/C14H14F3N3O4/c1-18(13(21)22)11-6-20(14(23)24-11)8-2-9(16)12(10(17)3-8)19-4-7(15)5-19/h2-3,7,11H,4-6H2,1H3,(H,21,22)/t11-/m0/s1. The van der Waals surface area contributed by atoms with E-state index in [1.54, 1.807) is 0 Å². The summed E-state index contributed by atoms with van der Waals surface area (Å²) in [6, 6.07) is 1.88. The number of alkyl halides is 1. The molecule has 3 rings (SSSR count). The summed E-state index contributed by atoms with van der Waals surface area (Å²) in [5.74, 6) is -1.86. The maximum atomic E-state index is 14.2. The van der Waals surface area contributed by atoms with Crippen LogP contribution in [0.2, 0.25) is 0 Å². The van der Waals surface area contributed by atoms with Crippen LogP contribution in [0.5, 0.6) is 0 Å². The highest BCUT2D eigenvalue weighted by Gasteiger charge is 2.38. The van der Waals surface area contributed by atoms with Crippen molar-refractivity contribution in [1.29, 1.82) is 0 Å². The second-order valence-corrected chi connectivity index (χ2v) is 5.60. The number of hydrogen-bond donors (Lipinski definition) is 1. The molecule has 0 spiro atoms. The van der Waals surface area contributed by atoms with Gasteiger partial charge in [-0.25, -0.2) is 22.8 Å². The second kappa shape index (κ2) is 5.77. The van der Waals surface area contributed by atoms with Gasteiger partial charge in [0.2, 0.25) is 0 Å². The highest BCUT2D eigenvalue weighted by Crippen LogP contribution is 2.33. The largest absolute Gasteiger partial charge is 0.465 e. The normalized spacial score (nSPS) is 20.8. The quantitative estimate of drug-likeness (QED) is 0.907. The highest BCUT2D eigenvalue weighted by molar-refractivity contribution is 5.90. The van der Waals surface area contributed by atoms with E-state index < -0.39 is 36.2 Å². The molecule has 1 aromatic carbocycles. The number of cyclic esters (lactones) is 1. The summed E-state index contributed by atoms with van der Waals surface area (Å²) in [4.78, 5) is 25.7. The Hall–Kier alpha value is -2.65. The number of nitrogens with zero attached hydrogens (tertiary/aromatic N) is 3. The van der Waals surface area contributed by atoms with E-state index in [0.717, 1.165) is 21.9 Å². The molecule has 2 aliphatic heterocycles. The number of likely N-dealkylation sites (N-methyl/N-ethyl adjacent to an activating group) is 1. The molecule has 2 heterocycles. The fourth-order valence-electron chi connectivity index (χ4n) is 2.60. The number of anilines is 2. The van der Waals surface area contributed by atoms with Gasteiger partial charge in [0.1, 0.15) is 11.9 Å². The fraction of sp³-hybridized carbons (Fsp3) is 0.429. The molecule has 2 aliphatic rings. The van der Waals surface area contributed by atoms with Gasteiger partial charge < -0.3 is 14.7 Å². The number of carboxylic acid groups (broad SMARTS) is 1. The summed E-state index contributed by atoms with van der Waals surface area (Å²) in [5, 5.41) is 8.89. The van der Waals surface area contributed by atoms with Crippen LogP contribution in [-0.4, -0.2) is 61.3 Å². The molecule has 0 aromatic heterocycles. The Bertz CT molecular complexity index is 673. The average Bonchev–Trinajstić information content (AvgIpc) is 2.85. The van der Waals surface area contributed by atoms with Crippen LogP contribution < -0.4 is 9.80 Å². The first-order chi connectivity index (χ1) is 11.3. The number of benzene rings is 1. The molecule has 130 valence electrons. The van der Waals surface area contributed by atoms with Gasteiger partial charge in [0.15, 0.2) is 17.9 Å². The summed E-state index contributed by atoms with van der Waals surface area (Å²) in [6.07, 6.45) is -4.42. The Labute approximate surface area is 134 Å². The van der Waals surface area contributed by atoms with E-state index in [4.69, 9.17) is 9.84 Å². The molecule has 0 radical (unpaired) electrons. The van der Waals surface area contributed by atoms with Gasteiger partial charge in [0, 0.05) is 19.2 Å². The van der Waals surface area contributed by atoms with Crippen molar-refractivity contribution in [2.75, 3.05) is 36.5 Å². The van der Waals surface area contributed by atoms with Crippen molar-refractivity contribution < 1.29 is 32.6 Å². The van der Waals surface area contributed by atoms with Crippen molar-refractivity contribution in [2.45, 2.75) is 12.4 Å². The summed E-state index contributed by atoms with van der Waals surface area (Å²) in [7, 11) is 1.21. The molecule has 0 bridgehead atoms. The van der Waals surface area contributed by atoms with Gasteiger partial charge in [0.25, 0.3) is 0 Å². The van der Waals surface area contributed by atoms with Crippen molar-refractivity contribution in [3.63, 3.8) is 0 Å². The van der Waals surface area contributed by atoms with E-state index in [1.807, 2.05) is 0 Å². The van der Waals surface area contributed by atoms with Gasteiger partial charge >= 0.3 is 12.2 Å². The Kier molecular flexibility index (Phi) is 3.90. The maximum absolute atomic E-state index is 14.2. The van der Waals surface area contributed by atoms with Gasteiger partial charge in [-0.2, -0.15) is 0 Å². The maximum Gasteiger partial charge on any atom is 0.416 e. The fourth-order valence-corrected chi connectivity index (χ4v) is 2.60. The summed E-state index contributed by atoms with van der Waals surface area (Å²) < 4.78 is 46.1. The Balaban J connectivity index is 1.83. The molecule has 1 atom stereocenters. The first-order valence-corrected chi connectivity index (χ1v) is 7.10. The first-order valence-electron chi connectivity index (χ1n) is 7.10. The molecule has 2 saturated heterocycles. The van der Waals surface area contributed by atoms with Crippen molar-refractivity contribution in [3.05, 3.63) is 23.8 Å². The van der Waals surface area contributed by atoms with Gasteiger partial charge in [-0.15, -0.1) is 0 Å².